The Morgan fingerprint density at radius 2 is 0.797 bits per heavy atom. The summed E-state index contributed by atoms with van der Waals surface area (Å²) in [5, 5.41) is 2.52. The predicted octanol–water partition coefficient (Wildman–Crippen LogP) is 18.2. The van der Waals surface area contributed by atoms with Gasteiger partial charge in [-0.1, -0.05) is 200 Å². The molecule has 0 aliphatic heterocycles. The molecule has 11 aromatic rings. The number of anilines is 6. The molecule has 0 radical (unpaired) electrons. The summed E-state index contributed by atoms with van der Waals surface area (Å²) in [5.41, 5.74) is 22.8. The number of hydrogen-bond acceptors (Lipinski definition) is 2. The lowest BCUT2D eigenvalue weighted by molar-refractivity contribution is 0.350. The lowest BCUT2D eigenvalue weighted by Crippen LogP contribution is -2.34. The van der Waals surface area contributed by atoms with Crippen LogP contribution < -0.4 is 9.80 Å². The summed E-state index contributed by atoms with van der Waals surface area (Å²) < 4.78 is 0. The molecule has 0 N–H and O–H groups in total. The van der Waals surface area contributed by atoms with Gasteiger partial charge in [-0.2, -0.15) is 0 Å². The van der Waals surface area contributed by atoms with Crippen LogP contribution in [0.2, 0.25) is 0 Å². The Morgan fingerprint density at radius 3 is 1.41 bits per heavy atom. The van der Waals surface area contributed by atoms with E-state index in [1.54, 1.807) is 0 Å². The second-order valence-electron chi connectivity index (χ2n) is 21.1. The van der Waals surface area contributed by atoms with Crippen molar-refractivity contribution in [2.45, 2.75) is 36.5 Å². The third-order valence-corrected chi connectivity index (χ3v) is 17.6. The van der Waals surface area contributed by atoms with Crippen molar-refractivity contribution in [2.75, 3.05) is 9.80 Å². The number of benzene rings is 11. The molecule has 2 nitrogen and oxygen atoms in total. The van der Waals surface area contributed by atoms with Gasteiger partial charge in [0.1, 0.15) is 0 Å². The first-order valence-corrected chi connectivity index (χ1v) is 26.6. The maximum Gasteiger partial charge on any atom is 0.0714 e. The van der Waals surface area contributed by atoms with Gasteiger partial charge in [0.2, 0.25) is 0 Å². The molecule has 352 valence electrons. The SMILES string of the molecule is c1ccc(N(c2ccc(-c3ccc4ccccc4c3)cc2)c2cccc3c2C24c5c(cccc5N(c5ccccc5)c5ccc6c(c5)C(c5ccccc5)(c5ccccc5)c5ccccc5-6)CC2CCC4C3)cc1. The molecule has 1 spiro atoms. The van der Waals surface area contributed by atoms with Gasteiger partial charge >= 0.3 is 0 Å². The van der Waals surface area contributed by atoms with Crippen LogP contribution >= 0.6 is 0 Å². The maximum atomic E-state index is 2.62. The first-order chi connectivity index (χ1) is 36.7. The summed E-state index contributed by atoms with van der Waals surface area (Å²) in [4.78, 5) is 5.19. The van der Waals surface area contributed by atoms with Gasteiger partial charge in [-0.05, 0) is 182 Å². The molecule has 3 unspecified atom stereocenters. The van der Waals surface area contributed by atoms with E-state index >= 15 is 0 Å². The highest BCUT2D eigenvalue weighted by Crippen LogP contribution is 2.69. The van der Waals surface area contributed by atoms with E-state index in [9.17, 15) is 0 Å². The summed E-state index contributed by atoms with van der Waals surface area (Å²) in [6, 6.07) is 100. The van der Waals surface area contributed by atoms with Gasteiger partial charge in [-0.25, -0.2) is 0 Å². The molecule has 1 saturated carbocycles. The molecule has 11 aromatic carbocycles. The second kappa shape index (κ2) is 16.9. The van der Waals surface area contributed by atoms with Crippen LogP contribution in [0.4, 0.5) is 34.1 Å². The highest BCUT2D eigenvalue weighted by molar-refractivity contribution is 5.92. The number of para-hydroxylation sites is 2. The molecule has 0 bridgehead atoms. The Morgan fingerprint density at radius 1 is 0.324 bits per heavy atom. The number of fused-ring (bicyclic) bond motifs is 6. The Bertz CT molecular complexity index is 3870. The number of hydrogen-bond donors (Lipinski definition) is 0. The third kappa shape index (κ3) is 6.24. The molecule has 0 saturated heterocycles. The van der Waals surface area contributed by atoms with Crippen molar-refractivity contribution < 1.29 is 0 Å². The molecule has 1 fully saturated rings. The Hall–Kier alpha value is -8.72. The fourth-order valence-corrected chi connectivity index (χ4v) is 14.8. The monoisotopic (exact) mass is 946 g/mol. The van der Waals surface area contributed by atoms with Crippen molar-refractivity contribution in [3.05, 3.63) is 311 Å². The quantitative estimate of drug-likeness (QED) is 0.142. The molecule has 74 heavy (non-hydrogen) atoms. The first kappa shape index (κ1) is 42.9. The Labute approximate surface area is 434 Å². The fourth-order valence-electron chi connectivity index (χ4n) is 14.8. The van der Waals surface area contributed by atoms with Crippen molar-refractivity contribution in [1.29, 1.82) is 0 Å². The van der Waals surface area contributed by atoms with Crippen LogP contribution in [0, 0.1) is 11.8 Å². The van der Waals surface area contributed by atoms with Crippen molar-refractivity contribution in [2.24, 2.45) is 11.8 Å². The predicted molar refractivity (Wildman–Crippen MR) is 307 cm³/mol. The van der Waals surface area contributed by atoms with Crippen LogP contribution in [0.1, 0.15) is 57.3 Å². The van der Waals surface area contributed by atoms with Gasteiger partial charge in [0.05, 0.1) is 16.8 Å². The Balaban J connectivity index is 0.933. The molecular weight excluding hydrogens is 893 g/mol. The van der Waals surface area contributed by atoms with Crippen molar-refractivity contribution in [1.82, 2.24) is 0 Å². The van der Waals surface area contributed by atoms with Gasteiger partial charge in [-0.15, -0.1) is 0 Å². The van der Waals surface area contributed by atoms with Crippen LogP contribution in [-0.4, -0.2) is 0 Å². The second-order valence-corrected chi connectivity index (χ2v) is 21.1. The zero-order chi connectivity index (χ0) is 48.8. The van der Waals surface area contributed by atoms with Gasteiger partial charge in [0, 0.05) is 28.2 Å². The molecule has 3 atom stereocenters. The van der Waals surface area contributed by atoms with Crippen molar-refractivity contribution >= 4 is 44.9 Å². The molecule has 0 aromatic heterocycles. The molecule has 4 aliphatic rings. The van der Waals surface area contributed by atoms with E-state index in [0.717, 1.165) is 12.8 Å². The van der Waals surface area contributed by atoms with Gasteiger partial charge < -0.3 is 9.80 Å². The standard InChI is InChI=1S/C72H54N2/c1-5-23-55(24-6-1)71(56-25-7-2-8-26-56)65-32-16-15-31-63(65)64-44-43-62(48-66(64)71)74(60-29-11-4-12-30-60)68-34-18-22-54-47-58-40-39-57-46-53-21-17-33-67(69(53)72(57,58)70(54)68)73(59-27-9-3-10-28-59)61-41-37-50(38-42-61)52-36-35-49-19-13-14-20-51(49)45-52/h1-38,41-45,48,57-58H,39-40,46-47H2. The maximum absolute atomic E-state index is 2.62. The van der Waals surface area contributed by atoms with E-state index in [4.69, 9.17) is 0 Å². The average Bonchev–Trinajstić information content (AvgIpc) is 4.21. The van der Waals surface area contributed by atoms with Gasteiger partial charge in [0.15, 0.2) is 0 Å². The molecule has 15 rings (SSSR count). The Kier molecular flexibility index (Phi) is 9.82. The summed E-state index contributed by atoms with van der Waals surface area (Å²) in [5.74, 6) is 0.963. The third-order valence-electron chi connectivity index (χ3n) is 17.6. The summed E-state index contributed by atoms with van der Waals surface area (Å²) in [6.45, 7) is 0. The lowest BCUT2D eigenvalue weighted by Gasteiger charge is -2.40. The van der Waals surface area contributed by atoms with E-state index in [1.807, 2.05) is 0 Å². The average molecular weight is 947 g/mol. The lowest BCUT2D eigenvalue weighted by atomic mass is 9.67. The minimum atomic E-state index is -0.514. The van der Waals surface area contributed by atoms with Crippen LogP contribution in [0.15, 0.2) is 267 Å². The summed E-state index contributed by atoms with van der Waals surface area (Å²) >= 11 is 0. The highest BCUT2D eigenvalue weighted by atomic mass is 15.2. The minimum Gasteiger partial charge on any atom is -0.310 e. The normalized spacial score (nSPS) is 18.2. The van der Waals surface area contributed by atoms with Crippen LogP contribution in [0.3, 0.4) is 0 Å². The van der Waals surface area contributed by atoms with E-state index in [-0.39, 0.29) is 5.41 Å². The fraction of sp³-hybridized carbons (Fsp3) is 0.111. The summed E-state index contributed by atoms with van der Waals surface area (Å²) in [7, 11) is 0. The largest absolute Gasteiger partial charge is 0.310 e. The highest BCUT2D eigenvalue weighted by Gasteiger charge is 2.62. The van der Waals surface area contributed by atoms with Gasteiger partial charge in [0.25, 0.3) is 0 Å². The molecular formula is C72H54N2. The number of nitrogens with zero attached hydrogens (tertiary/aromatic N) is 2. The zero-order valence-electron chi connectivity index (χ0n) is 41.3. The van der Waals surface area contributed by atoms with E-state index in [2.05, 4.69) is 277 Å². The van der Waals surface area contributed by atoms with Crippen LogP contribution in [0.5, 0.6) is 0 Å². The first-order valence-electron chi connectivity index (χ1n) is 26.6. The topological polar surface area (TPSA) is 6.48 Å². The van der Waals surface area contributed by atoms with Crippen LogP contribution in [0.25, 0.3) is 33.0 Å². The van der Waals surface area contributed by atoms with Gasteiger partial charge in [-0.3, -0.25) is 0 Å². The van der Waals surface area contributed by atoms with Crippen LogP contribution in [-0.2, 0) is 23.7 Å². The minimum absolute atomic E-state index is 0.187. The smallest absolute Gasteiger partial charge is 0.0714 e. The molecule has 0 amide bonds. The van der Waals surface area contributed by atoms with E-state index in [1.165, 1.54) is 124 Å². The molecule has 2 heteroatoms. The summed E-state index contributed by atoms with van der Waals surface area (Å²) in [6.07, 6.45) is 4.59. The van der Waals surface area contributed by atoms with Crippen molar-refractivity contribution in [3.8, 4) is 22.3 Å². The number of rotatable bonds is 9. The molecule has 4 aliphatic carbocycles. The molecule has 0 heterocycles. The van der Waals surface area contributed by atoms with E-state index < -0.39 is 5.41 Å². The zero-order valence-corrected chi connectivity index (χ0v) is 41.3. The van der Waals surface area contributed by atoms with E-state index in [0.29, 0.717) is 11.8 Å². The van der Waals surface area contributed by atoms with Crippen molar-refractivity contribution in [3.63, 3.8) is 0 Å².